The Balaban J connectivity index is 2.85. The maximum Gasteiger partial charge on any atom is 0.526 e. The Morgan fingerprint density at radius 3 is 1.71 bits per heavy atom. The molecule has 0 aliphatic heterocycles. The van der Waals surface area contributed by atoms with Gasteiger partial charge in [0.25, 0.3) is 0 Å². The van der Waals surface area contributed by atoms with E-state index in [2.05, 4.69) is 19.7 Å². The second-order valence-corrected chi connectivity index (χ2v) is 13.9. The lowest BCUT2D eigenvalue weighted by atomic mass is 9.83. The average molecular weight is 936 g/mol. The highest BCUT2D eigenvalue weighted by atomic mass is 19.4. The van der Waals surface area contributed by atoms with Crippen molar-refractivity contribution < 1.29 is 98.5 Å². The fourth-order valence-electron chi connectivity index (χ4n) is 5.19. The predicted molar refractivity (Wildman–Crippen MR) is 178 cm³/mol. The van der Waals surface area contributed by atoms with Crippen LogP contribution < -0.4 is 15.8 Å². The third kappa shape index (κ3) is 11.2. The average Bonchev–Trinajstić information content (AvgIpc) is 3.17. The number of benzene rings is 1. The first-order valence-corrected chi connectivity index (χ1v) is 17.2. The number of alkyl halides is 17. The molecule has 0 saturated heterocycles. The first kappa shape index (κ1) is 55.2. The monoisotopic (exact) mass is 935 g/mol. The Bertz CT molecular complexity index is 2150. The van der Waals surface area contributed by atoms with E-state index in [4.69, 9.17) is 17.9 Å². The molecule has 1 aromatic rings. The topological polar surface area (TPSA) is 138 Å². The number of carbonyl (C=O) groups is 3. The minimum absolute atomic E-state index is 0.0229. The molecule has 0 radical (unpaired) electrons. The summed E-state index contributed by atoms with van der Waals surface area (Å²) >= 11 is 0. The first-order chi connectivity index (χ1) is 28.4. The molecule has 63 heavy (non-hydrogen) atoms. The molecule has 27 heteroatoms. The molecule has 0 aliphatic rings. The van der Waals surface area contributed by atoms with Gasteiger partial charge in [-0.15, -0.1) is 0 Å². The van der Waals surface area contributed by atoms with Crippen LogP contribution in [0.4, 0.5) is 74.6 Å². The fourth-order valence-corrected chi connectivity index (χ4v) is 5.19. The van der Waals surface area contributed by atoms with Crippen LogP contribution in [-0.2, 0) is 30.3 Å². The summed E-state index contributed by atoms with van der Waals surface area (Å²) in [6.45, 7) is 14.8. The summed E-state index contributed by atoms with van der Waals surface area (Å²) in [7, 11) is 0. The van der Waals surface area contributed by atoms with E-state index in [1.54, 1.807) is 12.1 Å². The summed E-state index contributed by atoms with van der Waals surface area (Å²) in [6.07, 6.45) is -11.7. The third-order valence-electron chi connectivity index (χ3n) is 8.78. The summed E-state index contributed by atoms with van der Waals surface area (Å²) < 4.78 is 238. The number of esters is 2. The van der Waals surface area contributed by atoms with Crippen molar-refractivity contribution in [1.82, 2.24) is 5.32 Å². The van der Waals surface area contributed by atoms with Crippen molar-refractivity contribution >= 4 is 29.2 Å². The Morgan fingerprint density at radius 1 is 0.746 bits per heavy atom. The zero-order chi connectivity index (χ0) is 49.4. The maximum atomic E-state index is 14.2. The minimum Gasteiger partial charge on any atom is -0.465 e. The zero-order valence-electron chi connectivity index (χ0n) is 32.2. The molecule has 0 aliphatic carbocycles. The van der Waals surface area contributed by atoms with Crippen LogP contribution in [0.1, 0.15) is 52.0 Å². The van der Waals surface area contributed by atoms with Gasteiger partial charge in [0.2, 0.25) is 5.91 Å². The van der Waals surface area contributed by atoms with Gasteiger partial charge in [0, 0.05) is 18.2 Å². The van der Waals surface area contributed by atoms with Gasteiger partial charge >= 0.3 is 65.4 Å². The highest BCUT2D eigenvalue weighted by molar-refractivity contribution is 5.78. The highest BCUT2D eigenvalue weighted by Gasteiger charge is 2.95. The largest absolute Gasteiger partial charge is 0.526 e. The number of aryl methyl sites for hydroxylation is 1. The summed E-state index contributed by atoms with van der Waals surface area (Å²) in [5, 5.41) is 21.4. The normalized spacial score (nSPS) is 13.7. The van der Waals surface area contributed by atoms with E-state index >= 15 is 0 Å². The number of carbonyl (C=O) groups excluding carboxylic acids is 3. The van der Waals surface area contributed by atoms with E-state index in [0.717, 1.165) is 20.8 Å². The van der Waals surface area contributed by atoms with Gasteiger partial charge in [-0.2, -0.15) is 94.9 Å². The van der Waals surface area contributed by atoms with Crippen LogP contribution in [0.5, 0.6) is 0 Å². The van der Waals surface area contributed by atoms with Crippen LogP contribution >= 0.6 is 0 Å². The second kappa shape index (κ2) is 19.7. The van der Waals surface area contributed by atoms with Gasteiger partial charge < -0.3 is 14.8 Å². The summed E-state index contributed by atoms with van der Waals surface area (Å²) in [5.74, 6) is -62.8. The number of hydrogen-bond donors (Lipinski definition) is 1. The number of nitrogens with zero attached hydrogens (tertiary/aromatic N) is 4. The fraction of sp³-hybridized carbons (Fsp3) is 0.583. The second-order valence-electron chi connectivity index (χ2n) is 13.9. The van der Waals surface area contributed by atoms with Gasteiger partial charge in [0.05, 0.1) is 36.2 Å². The SMILES string of the molecule is [C-]#[N+]C([N+]#[C-])=c1ccc(=C(C#N)C#N)c(CCC(=O)NCCCOC(=O)C(C)(C)CC(C)C(=O)OCCC(F)(F)C(F)(F)C(F)(F)C(F)(F)C(F)(F)C(F)(F)C(F)(F)C(F)(F)F)c1. The molecule has 1 unspecified atom stereocenters. The molecule has 1 aromatic carbocycles. The Kier molecular flexibility index (Phi) is 17.2. The Hall–Kier alpha value is -5.86. The van der Waals surface area contributed by atoms with Gasteiger partial charge in [0.1, 0.15) is 30.9 Å². The Morgan fingerprint density at radius 2 is 1.24 bits per heavy atom. The molecule has 1 rings (SSSR count). The lowest BCUT2D eigenvalue weighted by Crippen LogP contribution is -2.74. The molecule has 0 fully saturated rings. The highest BCUT2D eigenvalue weighted by Crippen LogP contribution is 2.64. The predicted octanol–water partition coefficient (Wildman–Crippen LogP) is 7.77. The van der Waals surface area contributed by atoms with E-state index < -0.39 is 96.3 Å². The smallest absolute Gasteiger partial charge is 0.465 e. The van der Waals surface area contributed by atoms with Gasteiger partial charge in [-0.3, -0.25) is 14.4 Å². The molecule has 348 valence electrons. The van der Waals surface area contributed by atoms with Gasteiger partial charge in [-0.05, 0) is 38.7 Å². The molecule has 0 bridgehead atoms. The van der Waals surface area contributed by atoms with Crippen LogP contribution in [0.25, 0.3) is 21.1 Å². The van der Waals surface area contributed by atoms with Crippen LogP contribution in [0, 0.1) is 47.1 Å². The lowest BCUT2D eigenvalue weighted by Gasteiger charge is -2.42. The molecule has 1 atom stereocenters. The molecule has 1 N–H and O–H groups in total. The number of rotatable bonds is 20. The number of amides is 1. The van der Waals surface area contributed by atoms with Gasteiger partial charge in [0.15, 0.2) is 0 Å². The van der Waals surface area contributed by atoms with Crippen molar-refractivity contribution in [2.45, 2.75) is 101 Å². The third-order valence-corrected chi connectivity index (χ3v) is 8.78. The number of ether oxygens (including phenoxy) is 2. The van der Waals surface area contributed by atoms with Gasteiger partial charge in [-0.25, -0.2) is 0 Å². The van der Waals surface area contributed by atoms with Crippen molar-refractivity contribution in [3.05, 3.63) is 57.0 Å². The number of hydrogen-bond acceptors (Lipinski definition) is 7. The molecule has 0 spiro atoms. The standard InChI is InChI=1S/C36H30F17N5O5/c1-19(26(60)62-14-11-29(37,38)30(39,40)31(41,42)32(43,44)33(45,46)34(47,48)35(49,50)36(51,52)53)16-28(2,3)27(61)63-13-6-12-58-24(59)10-8-20-15-21(25(56-4)57-5)7-9-23(20)22(17-54)18-55/h7,9,15,19H,6,8,10-14,16H2,1-3H3,(H,58,59). The van der Waals surface area contributed by atoms with Crippen LogP contribution in [-0.4, -0.2) is 85.2 Å². The number of halogens is 17. The van der Waals surface area contributed by atoms with E-state index in [1.807, 2.05) is 0 Å². The zero-order valence-corrected chi connectivity index (χ0v) is 32.2. The summed E-state index contributed by atoms with van der Waals surface area (Å²) in [4.78, 5) is 43.6. The van der Waals surface area contributed by atoms with E-state index in [9.17, 15) is 99.5 Å². The Labute approximate surface area is 344 Å². The molecule has 0 aromatic heterocycles. The molecule has 10 nitrogen and oxygen atoms in total. The van der Waals surface area contributed by atoms with Crippen molar-refractivity contribution in [1.29, 1.82) is 10.5 Å². The molecule has 0 heterocycles. The molecule has 1 amide bonds. The quantitative estimate of drug-likeness (QED) is 0.0611. The van der Waals surface area contributed by atoms with Crippen molar-refractivity contribution in [2.75, 3.05) is 19.8 Å². The van der Waals surface area contributed by atoms with E-state index in [0.29, 0.717) is 5.56 Å². The van der Waals surface area contributed by atoms with E-state index in [-0.39, 0.29) is 54.2 Å². The van der Waals surface area contributed by atoms with Crippen LogP contribution in [0.3, 0.4) is 0 Å². The lowest BCUT2D eigenvalue weighted by molar-refractivity contribution is -0.461. The summed E-state index contributed by atoms with van der Waals surface area (Å²) in [5.41, 5.74) is -1.65. The van der Waals surface area contributed by atoms with Crippen molar-refractivity contribution in [3.8, 4) is 12.1 Å². The first-order valence-electron chi connectivity index (χ1n) is 17.2. The van der Waals surface area contributed by atoms with Crippen LogP contribution in [0.2, 0.25) is 0 Å². The van der Waals surface area contributed by atoms with Crippen LogP contribution in [0.15, 0.2) is 18.2 Å². The van der Waals surface area contributed by atoms with Gasteiger partial charge in [-0.1, -0.05) is 25.1 Å². The number of nitrogens with one attached hydrogen (secondary N) is 1. The molecule has 0 saturated carbocycles. The van der Waals surface area contributed by atoms with E-state index in [1.165, 1.54) is 18.2 Å². The molecular weight excluding hydrogens is 905 g/mol. The number of nitriles is 2. The summed E-state index contributed by atoms with van der Waals surface area (Å²) in [6, 6.07) is 7.47. The maximum absolute atomic E-state index is 14.2. The van der Waals surface area contributed by atoms with Crippen molar-refractivity contribution in [3.63, 3.8) is 0 Å². The molecular formula is C36H30F17N5O5. The van der Waals surface area contributed by atoms with Crippen molar-refractivity contribution in [2.24, 2.45) is 11.3 Å². The minimum atomic E-state index is -8.77.